The number of rotatable bonds is 6. The SMILES string of the molecule is CCCCC[C@H]1CC[C@H](C2=CCC(O)(c3ccc(F)cc3)CC2)CC1. The van der Waals surface area contributed by atoms with Crippen LogP contribution in [0, 0.1) is 17.7 Å². The van der Waals surface area contributed by atoms with Crippen LogP contribution in [-0.2, 0) is 5.60 Å². The Morgan fingerprint density at radius 2 is 1.80 bits per heavy atom. The molecule has 0 aliphatic heterocycles. The minimum Gasteiger partial charge on any atom is -0.385 e. The van der Waals surface area contributed by atoms with Crippen molar-refractivity contribution in [3.8, 4) is 0 Å². The normalized spacial score (nSPS) is 30.1. The van der Waals surface area contributed by atoms with Crippen molar-refractivity contribution < 1.29 is 9.50 Å². The minimum atomic E-state index is -0.811. The fraction of sp³-hybridized carbons (Fsp3) is 0.652. The van der Waals surface area contributed by atoms with E-state index < -0.39 is 5.60 Å². The van der Waals surface area contributed by atoms with Gasteiger partial charge in [-0.1, -0.05) is 56.4 Å². The highest BCUT2D eigenvalue weighted by Gasteiger charge is 2.33. The zero-order chi connectivity index (χ0) is 17.7. The van der Waals surface area contributed by atoms with Gasteiger partial charge in [0.05, 0.1) is 5.60 Å². The molecule has 2 heteroatoms. The zero-order valence-electron chi connectivity index (χ0n) is 15.6. The molecule has 1 saturated carbocycles. The van der Waals surface area contributed by atoms with Crippen LogP contribution < -0.4 is 0 Å². The van der Waals surface area contributed by atoms with Crippen molar-refractivity contribution in [1.82, 2.24) is 0 Å². The van der Waals surface area contributed by atoms with Crippen LogP contribution in [0.15, 0.2) is 35.9 Å². The number of allylic oxidation sites excluding steroid dienone is 1. The Morgan fingerprint density at radius 1 is 1.08 bits per heavy atom. The molecule has 1 N–H and O–H groups in total. The predicted octanol–water partition coefficient (Wildman–Crippen LogP) is 6.51. The molecule has 138 valence electrons. The van der Waals surface area contributed by atoms with Crippen molar-refractivity contribution in [3.63, 3.8) is 0 Å². The molecule has 1 unspecified atom stereocenters. The molecular formula is C23H33FO. The first kappa shape index (κ1) is 18.6. The van der Waals surface area contributed by atoms with Crippen LogP contribution >= 0.6 is 0 Å². The summed E-state index contributed by atoms with van der Waals surface area (Å²) in [7, 11) is 0. The van der Waals surface area contributed by atoms with Crippen molar-refractivity contribution >= 4 is 0 Å². The molecule has 1 aromatic rings. The number of aliphatic hydroxyl groups is 1. The Morgan fingerprint density at radius 3 is 2.40 bits per heavy atom. The first-order valence-corrected chi connectivity index (χ1v) is 10.3. The molecule has 2 aliphatic rings. The summed E-state index contributed by atoms with van der Waals surface area (Å²) in [5, 5.41) is 10.9. The van der Waals surface area contributed by atoms with E-state index in [0.717, 1.165) is 30.2 Å². The van der Waals surface area contributed by atoms with Gasteiger partial charge in [-0.05, 0) is 74.5 Å². The standard InChI is InChI=1S/C23H33FO/c1-2-3-4-5-18-6-8-19(9-7-18)20-14-16-23(25,17-15-20)21-10-12-22(24)13-11-21/h10-14,18-19,25H,2-9,15-17H2,1H3/t18-,19-,23?. The number of hydrogen-bond acceptors (Lipinski definition) is 1. The molecule has 0 radical (unpaired) electrons. The van der Waals surface area contributed by atoms with E-state index in [0.29, 0.717) is 6.42 Å². The highest BCUT2D eigenvalue weighted by Crippen LogP contribution is 2.43. The van der Waals surface area contributed by atoms with Crippen LogP contribution in [0.4, 0.5) is 4.39 Å². The zero-order valence-corrected chi connectivity index (χ0v) is 15.6. The lowest BCUT2D eigenvalue weighted by atomic mass is 9.71. The summed E-state index contributed by atoms with van der Waals surface area (Å²) >= 11 is 0. The molecule has 3 rings (SSSR count). The second-order valence-electron chi connectivity index (χ2n) is 8.24. The van der Waals surface area contributed by atoms with Crippen LogP contribution in [0.1, 0.15) is 83.1 Å². The molecule has 0 spiro atoms. The molecule has 0 saturated heterocycles. The van der Waals surface area contributed by atoms with Crippen molar-refractivity contribution in [2.75, 3.05) is 0 Å². The van der Waals surface area contributed by atoms with Gasteiger partial charge in [0, 0.05) is 0 Å². The average Bonchev–Trinajstić information content (AvgIpc) is 2.64. The van der Waals surface area contributed by atoms with Crippen LogP contribution in [0.3, 0.4) is 0 Å². The number of unbranched alkanes of at least 4 members (excludes halogenated alkanes) is 2. The molecule has 1 atom stereocenters. The van der Waals surface area contributed by atoms with Crippen LogP contribution in [-0.4, -0.2) is 5.11 Å². The molecule has 0 amide bonds. The Bertz CT molecular complexity index is 568. The topological polar surface area (TPSA) is 20.2 Å². The second kappa shape index (κ2) is 8.49. The van der Waals surface area contributed by atoms with Crippen LogP contribution in [0.25, 0.3) is 0 Å². The first-order valence-electron chi connectivity index (χ1n) is 10.3. The minimum absolute atomic E-state index is 0.241. The lowest BCUT2D eigenvalue weighted by molar-refractivity contribution is 0.0240. The smallest absolute Gasteiger partial charge is 0.123 e. The highest BCUT2D eigenvalue weighted by atomic mass is 19.1. The Hall–Kier alpha value is -1.15. The number of benzene rings is 1. The lowest BCUT2D eigenvalue weighted by Gasteiger charge is -2.36. The highest BCUT2D eigenvalue weighted by molar-refractivity contribution is 5.27. The molecule has 25 heavy (non-hydrogen) atoms. The van der Waals surface area contributed by atoms with Gasteiger partial charge in [-0.25, -0.2) is 4.39 Å². The van der Waals surface area contributed by atoms with Crippen molar-refractivity contribution in [1.29, 1.82) is 0 Å². The Kier molecular flexibility index (Phi) is 6.33. The van der Waals surface area contributed by atoms with Gasteiger partial charge in [-0.3, -0.25) is 0 Å². The van der Waals surface area contributed by atoms with Crippen molar-refractivity contribution in [3.05, 3.63) is 47.3 Å². The third kappa shape index (κ3) is 4.73. The van der Waals surface area contributed by atoms with Crippen LogP contribution in [0.5, 0.6) is 0 Å². The summed E-state index contributed by atoms with van der Waals surface area (Å²) in [5.41, 5.74) is 1.61. The summed E-state index contributed by atoms with van der Waals surface area (Å²) in [4.78, 5) is 0. The summed E-state index contributed by atoms with van der Waals surface area (Å²) in [6.07, 6.45) is 15.7. The van der Waals surface area contributed by atoms with Crippen molar-refractivity contribution in [2.45, 2.75) is 83.2 Å². The van der Waals surface area contributed by atoms with Gasteiger partial charge in [0.2, 0.25) is 0 Å². The van der Waals surface area contributed by atoms with E-state index in [1.165, 1.54) is 63.5 Å². The monoisotopic (exact) mass is 344 g/mol. The van der Waals surface area contributed by atoms with E-state index in [1.807, 2.05) is 0 Å². The molecule has 2 aliphatic carbocycles. The van der Waals surface area contributed by atoms with Gasteiger partial charge in [0.1, 0.15) is 5.82 Å². The Labute approximate surface area is 152 Å². The van der Waals surface area contributed by atoms with E-state index in [1.54, 1.807) is 17.7 Å². The van der Waals surface area contributed by atoms with Gasteiger partial charge in [-0.15, -0.1) is 0 Å². The maximum absolute atomic E-state index is 13.1. The Balaban J connectivity index is 1.52. The van der Waals surface area contributed by atoms with Gasteiger partial charge in [-0.2, -0.15) is 0 Å². The maximum Gasteiger partial charge on any atom is 0.123 e. The third-order valence-corrected chi connectivity index (χ3v) is 6.50. The van der Waals surface area contributed by atoms with E-state index in [-0.39, 0.29) is 5.82 Å². The first-order chi connectivity index (χ1) is 12.1. The molecule has 1 nitrogen and oxygen atoms in total. The predicted molar refractivity (Wildman–Crippen MR) is 102 cm³/mol. The molecule has 1 fully saturated rings. The van der Waals surface area contributed by atoms with Gasteiger partial charge in [0.25, 0.3) is 0 Å². The number of halogens is 1. The van der Waals surface area contributed by atoms with E-state index in [2.05, 4.69) is 13.0 Å². The molecular weight excluding hydrogens is 311 g/mol. The molecule has 0 heterocycles. The second-order valence-corrected chi connectivity index (χ2v) is 8.24. The third-order valence-electron chi connectivity index (χ3n) is 6.50. The fourth-order valence-electron chi connectivity index (χ4n) is 4.75. The summed E-state index contributed by atoms with van der Waals surface area (Å²) in [6.45, 7) is 2.28. The van der Waals surface area contributed by atoms with Gasteiger partial charge >= 0.3 is 0 Å². The summed E-state index contributed by atoms with van der Waals surface area (Å²) in [6, 6.07) is 6.37. The van der Waals surface area contributed by atoms with Crippen molar-refractivity contribution in [2.24, 2.45) is 11.8 Å². The largest absolute Gasteiger partial charge is 0.385 e. The number of hydrogen-bond donors (Lipinski definition) is 1. The lowest BCUT2D eigenvalue weighted by Crippen LogP contribution is -2.29. The quantitative estimate of drug-likeness (QED) is 0.460. The summed E-state index contributed by atoms with van der Waals surface area (Å²) in [5.74, 6) is 1.44. The van der Waals surface area contributed by atoms with Crippen LogP contribution in [0.2, 0.25) is 0 Å². The van der Waals surface area contributed by atoms with Gasteiger partial charge < -0.3 is 5.11 Å². The fourth-order valence-corrected chi connectivity index (χ4v) is 4.75. The summed E-state index contributed by atoms with van der Waals surface area (Å²) < 4.78 is 13.1. The molecule has 0 bridgehead atoms. The average molecular weight is 345 g/mol. The van der Waals surface area contributed by atoms with E-state index in [4.69, 9.17) is 0 Å². The van der Waals surface area contributed by atoms with E-state index in [9.17, 15) is 9.50 Å². The molecule has 1 aromatic carbocycles. The van der Waals surface area contributed by atoms with Gasteiger partial charge in [0.15, 0.2) is 0 Å². The maximum atomic E-state index is 13.1. The molecule has 0 aromatic heterocycles. The van der Waals surface area contributed by atoms with E-state index >= 15 is 0 Å².